The summed E-state index contributed by atoms with van der Waals surface area (Å²) in [6, 6.07) is 8.80. The topological polar surface area (TPSA) is 218 Å². The number of hydrogen-bond donors (Lipinski definition) is 7. The van der Waals surface area contributed by atoms with Gasteiger partial charge in [0.25, 0.3) is 0 Å². The number of aromatic nitrogens is 2. The fraction of sp³-hybridized carbons (Fsp3) is 0.651. The first-order chi connectivity index (χ1) is 32.5. The van der Waals surface area contributed by atoms with E-state index in [2.05, 4.69) is 87.3 Å². The van der Waals surface area contributed by atoms with E-state index in [9.17, 15) is 41.0 Å². The summed E-state index contributed by atoms with van der Waals surface area (Å²) in [6.07, 6.45) is 7.81. The predicted octanol–water partition coefficient (Wildman–Crippen LogP) is 5.03. The number of hydrogen-bond acceptors (Lipinski definition) is 15. The number of H-pyrrole nitrogens is 1. The Morgan fingerprint density at radius 3 is 1.90 bits per heavy atom. The summed E-state index contributed by atoms with van der Waals surface area (Å²) in [7, 11) is 4.49. The first-order valence-electron chi connectivity index (χ1n) is 21.9. The van der Waals surface area contributed by atoms with E-state index in [-0.39, 0.29) is 42.1 Å². The lowest BCUT2D eigenvalue weighted by Crippen LogP contribution is -3.00. The Labute approximate surface area is 456 Å². The number of quaternary nitrogens is 1. The number of alkyl halides is 10. The standard InChI is InChI=1S/C19H22NO4S2.C13H21N3.C6H8O6.C2Cl2F4.C2H6O.CCl2F2.BrH.ClH/c1-20(2)12-9-11(10-13(20)17-16(12)24-17)23-18(21)19(22,14-5-3-7-25-14)15-6-4-8-26-15;1-2-5-16-6-3-4-10-7-12-11(8-13(10)16)9-14-15-12;7-1-2(8)5-3(9)4(10)6(11)12-5;3-1(5,6)2(4,7)8;1-2-3;2-1(3,4)5;;/h3-8,11-13,16-17,22H,9-10H2,1-2H3;9-10,13H,2-8H2,1H3,(H,14,15);2,5,7-10H,1H2;;3H,2H2,1H3;;2*1H/q+1;;;;;;;/p-1/t11-,12-,13+,16-,17+;10-,13-;2-,5+;;;;;/m.10...../s1. The molecule has 9 atom stereocenters. The van der Waals surface area contributed by atoms with Crippen LogP contribution >= 0.6 is 81.5 Å². The van der Waals surface area contributed by atoms with E-state index in [0.717, 1.165) is 29.3 Å². The molecule has 0 radical (unpaired) electrons. The predicted molar refractivity (Wildman–Crippen MR) is 257 cm³/mol. The minimum absolute atomic E-state index is 0. The summed E-state index contributed by atoms with van der Waals surface area (Å²) in [5, 5.41) is 55.8. The van der Waals surface area contributed by atoms with Crippen LogP contribution in [-0.4, -0.2) is 167 Å². The fourth-order valence-corrected chi connectivity index (χ4v) is 10.9. The van der Waals surface area contributed by atoms with Crippen LogP contribution < -0.4 is 17.0 Å². The number of morpholine rings is 1. The van der Waals surface area contributed by atoms with Gasteiger partial charge in [-0.05, 0) is 133 Å². The van der Waals surface area contributed by atoms with Crippen molar-refractivity contribution in [3.63, 3.8) is 0 Å². The maximum atomic E-state index is 13.1. The molecule has 7 N–H and O–H groups in total. The molecule has 0 amide bonds. The molecule has 0 aromatic carbocycles. The Morgan fingerprint density at radius 1 is 0.972 bits per heavy atom. The van der Waals surface area contributed by atoms with Crippen molar-refractivity contribution in [3.05, 3.63) is 73.8 Å². The van der Waals surface area contributed by atoms with Gasteiger partial charge in [0.1, 0.15) is 36.5 Å². The number of carbonyl (C=O) groups excluding carboxylic acids is 2. The molecule has 3 aromatic heterocycles. The zero-order valence-electron chi connectivity index (χ0n) is 39.0. The van der Waals surface area contributed by atoms with E-state index in [1.165, 1.54) is 79.1 Å². The van der Waals surface area contributed by atoms with Gasteiger partial charge in [0.2, 0.25) is 11.4 Å². The van der Waals surface area contributed by atoms with Gasteiger partial charge in [-0.3, -0.25) is 10.00 Å². The monoisotopic (exact) mass is 1240 g/mol. The lowest BCUT2D eigenvalue weighted by atomic mass is 9.77. The summed E-state index contributed by atoms with van der Waals surface area (Å²) in [4.78, 5) is 24.0. The van der Waals surface area contributed by atoms with E-state index < -0.39 is 63.5 Å². The van der Waals surface area contributed by atoms with Crippen LogP contribution in [0.1, 0.15) is 67.0 Å². The van der Waals surface area contributed by atoms with E-state index in [0.29, 0.717) is 34.0 Å². The number of piperidine rings is 2. The van der Waals surface area contributed by atoms with E-state index >= 15 is 0 Å². The molecule has 29 heteroatoms. The lowest BCUT2D eigenvalue weighted by Gasteiger charge is -2.45. The van der Waals surface area contributed by atoms with Crippen molar-refractivity contribution in [3.8, 4) is 0 Å². The minimum atomic E-state index is -4.66. The lowest BCUT2D eigenvalue weighted by molar-refractivity contribution is -0.938. The highest BCUT2D eigenvalue weighted by Gasteiger charge is 2.71. The van der Waals surface area contributed by atoms with Crippen molar-refractivity contribution >= 4 is 93.4 Å². The summed E-state index contributed by atoms with van der Waals surface area (Å²) >= 11 is 18.3. The molecule has 412 valence electrons. The van der Waals surface area contributed by atoms with Gasteiger partial charge in [-0.2, -0.15) is 31.4 Å². The van der Waals surface area contributed by atoms with Gasteiger partial charge in [-0.1, -0.05) is 19.1 Å². The van der Waals surface area contributed by atoms with Gasteiger partial charge in [-0.15, -0.1) is 35.1 Å². The zero-order chi connectivity index (χ0) is 52.6. The number of aromatic amines is 1. The number of aliphatic hydroxyl groups excluding tert-OH is 5. The third-order valence-corrected chi connectivity index (χ3v) is 14.9. The van der Waals surface area contributed by atoms with Crippen LogP contribution in [0.25, 0.3) is 0 Å². The van der Waals surface area contributed by atoms with Crippen molar-refractivity contribution in [1.82, 2.24) is 15.1 Å². The Bertz CT molecular complexity index is 2090. The minimum Gasteiger partial charge on any atom is -1.00 e. The van der Waals surface area contributed by atoms with Crippen molar-refractivity contribution in [1.29, 1.82) is 0 Å². The number of carbonyl (C=O) groups is 2. The average Bonchev–Trinajstić information content (AvgIpc) is 3.81. The number of epoxide rings is 1. The second kappa shape index (κ2) is 28.0. The van der Waals surface area contributed by atoms with Crippen molar-refractivity contribution in [2.45, 2.75) is 129 Å². The number of cyclic esters (lactones) is 1. The van der Waals surface area contributed by atoms with Crippen LogP contribution in [-0.2, 0) is 42.2 Å². The number of aliphatic hydroxyl groups is 6. The highest BCUT2D eigenvalue weighted by molar-refractivity contribution is 7.12. The number of ether oxygens (including phenoxy) is 3. The molecule has 6 aliphatic rings. The molecule has 0 spiro atoms. The molecule has 15 nitrogen and oxygen atoms in total. The Balaban J connectivity index is 0.000000334. The average molecular weight is 1240 g/mol. The number of likely N-dealkylation sites (N-methyl/N-ethyl adjacent to an activating group) is 1. The van der Waals surface area contributed by atoms with Crippen LogP contribution in [0.5, 0.6) is 0 Å². The molecule has 1 aliphatic carbocycles. The number of thiophene rings is 2. The molecule has 5 aliphatic heterocycles. The number of esters is 2. The summed E-state index contributed by atoms with van der Waals surface area (Å²) < 4.78 is 82.5. The molecule has 8 heterocycles. The van der Waals surface area contributed by atoms with Crippen LogP contribution in [0.3, 0.4) is 0 Å². The van der Waals surface area contributed by atoms with Gasteiger partial charge in [-0.25, -0.2) is 9.59 Å². The fourth-order valence-electron chi connectivity index (χ4n) is 9.14. The summed E-state index contributed by atoms with van der Waals surface area (Å²) in [6.45, 7) is 6.13. The number of rotatable bonds is 9. The first kappa shape index (κ1) is 66.2. The SMILES string of the molecule is CCCN1CCC[C@@H]2Cc3[nH]ncc3C[C@H]21.CCO.C[N+]1(C)[C@@H]2C[C@@H](OC(=O)C(O)(c3cccs3)c3cccs3)C[C@H]1[C@@H]1O[C@@H]12.Cl.FC(F)(Cl)C(F)(F)Cl.FC(F)(Cl)Cl.O=C1O[C@H]([C@@H](O)CO)C(O)=C1O.[Br-]. The quantitative estimate of drug-likeness (QED) is 0.0493. The Hall–Kier alpha value is -1.88. The Kier molecular flexibility index (Phi) is 25.7. The molecule has 72 heavy (non-hydrogen) atoms. The molecule has 0 unspecified atom stereocenters. The van der Waals surface area contributed by atoms with Gasteiger partial charge < -0.3 is 66.3 Å². The third kappa shape index (κ3) is 17.1. The molecule has 0 saturated carbocycles. The number of likely N-dealkylation sites (tertiary alicyclic amines) is 1. The number of fused-ring (bicyclic) bond motifs is 7. The van der Waals surface area contributed by atoms with E-state index in [1.807, 2.05) is 29.1 Å². The maximum absolute atomic E-state index is 13.1. The van der Waals surface area contributed by atoms with Crippen LogP contribution in [0.15, 0.2) is 52.7 Å². The largest absolute Gasteiger partial charge is 1.00 e. The van der Waals surface area contributed by atoms with Gasteiger partial charge in [0, 0.05) is 31.2 Å². The number of halogens is 12. The second-order valence-corrected chi connectivity index (χ2v) is 21.3. The maximum Gasteiger partial charge on any atom is 0.401 e. The molecule has 4 saturated heterocycles. The van der Waals surface area contributed by atoms with Gasteiger partial charge >= 0.3 is 27.5 Å². The third-order valence-electron chi connectivity index (χ3n) is 12.4. The molecule has 2 bridgehead atoms. The second-order valence-electron chi connectivity index (χ2n) is 17.3. The van der Waals surface area contributed by atoms with Crippen LogP contribution in [0.4, 0.5) is 26.3 Å². The normalized spacial score (nSPS) is 26.0. The van der Waals surface area contributed by atoms with Crippen molar-refractivity contribution in [2.75, 3.05) is 40.4 Å². The molecular formula is C43H58BrCl5F6N4O11S2. The highest BCUT2D eigenvalue weighted by atomic mass is 79.9. The van der Waals surface area contributed by atoms with E-state index in [4.69, 9.17) is 35.0 Å². The smallest absolute Gasteiger partial charge is 0.401 e. The summed E-state index contributed by atoms with van der Waals surface area (Å²) in [5.41, 5.74) is 1.15. The van der Waals surface area contributed by atoms with Crippen LogP contribution in [0, 0.1) is 5.92 Å². The van der Waals surface area contributed by atoms with Gasteiger partial charge in [0.05, 0.1) is 36.7 Å². The van der Waals surface area contributed by atoms with Crippen LogP contribution in [0.2, 0.25) is 0 Å². The molecule has 9 rings (SSSR count). The molecule has 3 aromatic rings. The van der Waals surface area contributed by atoms with Crippen molar-refractivity contribution < 1.29 is 102 Å². The highest BCUT2D eigenvalue weighted by Crippen LogP contribution is 2.52. The van der Waals surface area contributed by atoms with E-state index in [1.54, 1.807) is 19.1 Å². The van der Waals surface area contributed by atoms with Crippen molar-refractivity contribution in [2.24, 2.45) is 5.92 Å². The zero-order valence-corrected chi connectivity index (χ0v) is 46.0. The first-order valence-corrected chi connectivity index (χ1v) is 25.2. The summed E-state index contributed by atoms with van der Waals surface area (Å²) in [5.74, 6) is -2.47. The molecule has 4 fully saturated rings. The number of nitrogens with one attached hydrogen (secondary N) is 1. The Morgan fingerprint density at radius 2 is 1.49 bits per heavy atom. The molecular weight excluding hydrogens is 1180 g/mol. The number of nitrogens with zero attached hydrogens (tertiary/aromatic N) is 3. The van der Waals surface area contributed by atoms with Gasteiger partial charge in [0.15, 0.2) is 11.9 Å².